The molecule has 0 fully saturated rings. The first-order valence-corrected chi connectivity index (χ1v) is 8.75. The van der Waals surface area contributed by atoms with Crippen LogP contribution in [-0.4, -0.2) is 36.3 Å². The Hall–Kier alpha value is -2.93. The number of anilines is 1. The molecule has 0 spiro atoms. The van der Waals surface area contributed by atoms with Crippen LogP contribution in [0.5, 0.6) is 0 Å². The molecule has 3 heterocycles. The Morgan fingerprint density at radius 2 is 2.15 bits per heavy atom. The zero-order chi connectivity index (χ0) is 17.9. The predicted octanol–water partition coefficient (Wildman–Crippen LogP) is 3.45. The number of H-pyrrole nitrogens is 1. The van der Waals surface area contributed by atoms with Gasteiger partial charge in [0.05, 0.1) is 22.9 Å². The molecule has 26 heavy (non-hydrogen) atoms. The largest absolute Gasteiger partial charge is 0.354 e. The minimum atomic E-state index is 0.614. The number of nitrogens with zero attached hydrogens (tertiary/aromatic N) is 5. The average molecular weight is 368 g/mol. The van der Waals surface area contributed by atoms with Crippen molar-refractivity contribution in [2.75, 3.05) is 11.9 Å². The fourth-order valence-corrected chi connectivity index (χ4v) is 2.94. The van der Waals surface area contributed by atoms with Gasteiger partial charge < -0.3 is 10.3 Å². The van der Waals surface area contributed by atoms with Crippen molar-refractivity contribution in [3.05, 3.63) is 53.7 Å². The van der Waals surface area contributed by atoms with E-state index in [0.29, 0.717) is 11.0 Å². The molecular formula is C18H18ClN7. The third-order valence-corrected chi connectivity index (χ3v) is 4.26. The summed E-state index contributed by atoms with van der Waals surface area (Å²) in [4.78, 5) is 16.7. The van der Waals surface area contributed by atoms with Crippen LogP contribution in [0.4, 0.5) is 5.95 Å². The highest BCUT2D eigenvalue weighted by atomic mass is 35.5. The highest BCUT2D eigenvalue weighted by Crippen LogP contribution is 2.18. The molecule has 4 aromatic rings. The Morgan fingerprint density at radius 3 is 3.00 bits per heavy atom. The van der Waals surface area contributed by atoms with Gasteiger partial charge in [-0.15, -0.1) is 0 Å². The monoisotopic (exact) mass is 367 g/mol. The first-order chi connectivity index (χ1) is 12.7. The third kappa shape index (κ3) is 3.67. The number of aromatic nitrogens is 6. The van der Waals surface area contributed by atoms with Crippen LogP contribution >= 0.6 is 11.6 Å². The number of hydrogen-bond acceptors (Lipinski definition) is 5. The first kappa shape index (κ1) is 16.5. The number of fused-ring (bicyclic) bond motifs is 1. The highest BCUT2D eigenvalue weighted by molar-refractivity contribution is 6.31. The van der Waals surface area contributed by atoms with Crippen LogP contribution < -0.4 is 5.32 Å². The molecule has 0 amide bonds. The number of aromatic amines is 1. The van der Waals surface area contributed by atoms with Crippen LogP contribution in [0.15, 0.2) is 42.9 Å². The lowest BCUT2D eigenvalue weighted by Crippen LogP contribution is -2.07. The highest BCUT2D eigenvalue weighted by Gasteiger charge is 2.05. The van der Waals surface area contributed by atoms with E-state index < -0.39 is 0 Å². The fourth-order valence-electron chi connectivity index (χ4n) is 2.77. The molecule has 0 unspecified atom stereocenters. The number of aryl methyl sites for hydroxylation is 2. The molecule has 0 saturated carbocycles. The van der Waals surface area contributed by atoms with E-state index in [4.69, 9.17) is 11.6 Å². The van der Waals surface area contributed by atoms with Gasteiger partial charge in [-0.25, -0.2) is 15.0 Å². The Balaban J connectivity index is 1.34. The zero-order valence-corrected chi connectivity index (χ0v) is 15.0. The van der Waals surface area contributed by atoms with Crippen molar-refractivity contribution in [1.29, 1.82) is 0 Å². The van der Waals surface area contributed by atoms with Gasteiger partial charge in [0, 0.05) is 43.0 Å². The van der Waals surface area contributed by atoms with E-state index in [0.717, 1.165) is 47.5 Å². The van der Waals surface area contributed by atoms with Gasteiger partial charge in [-0.2, -0.15) is 5.10 Å². The smallest absolute Gasteiger partial charge is 0.223 e. The molecule has 4 rings (SSSR count). The second kappa shape index (κ2) is 7.13. The Bertz CT molecular complexity index is 1040. The molecule has 1 aromatic carbocycles. The summed E-state index contributed by atoms with van der Waals surface area (Å²) < 4.78 is 1.76. The van der Waals surface area contributed by atoms with Gasteiger partial charge in [0.1, 0.15) is 5.82 Å². The zero-order valence-electron chi connectivity index (χ0n) is 14.3. The van der Waals surface area contributed by atoms with Gasteiger partial charge in [-0.3, -0.25) is 4.68 Å². The first-order valence-electron chi connectivity index (χ1n) is 8.37. The van der Waals surface area contributed by atoms with Crippen molar-refractivity contribution in [2.45, 2.75) is 12.8 Å². The summed E-state index contributed by atoms with van der Waals surface area (Å²) in [6, 6.07) is 7.54. The van der Waals surface area contributed by atoms with Crippen molar-refractivity contribution in [2.24, 2.45) is 7.05 Å². The van der Waals surface area contributed by atoms with Gasteiger partial charge in [-0.05, 0) is 30.7 Å². The van der Waals surface area contributed by atoms with Crippen molar-refractivity contribution in [1.82, 2.24) is 29.7 Å². The summed E-state index contributed by atoms with van der Waals surface area (Å²) in [7, 11) is 1.88. The molecule has 0 saturated heterocycles. The van der Waals surface area contributed by atoms with Crippen LogP contribution in [0.2, 0.25) is 5.02 Å². The standard InChI is InChI=1S/C18H18ClN7/c1-26-11-12(10-22-26)14-6-8-21-18(25-14)20-7-2-3-17-23-15-5-4-13(19)9-16(15)24-17/h4-6,8-11H,2-3,7H2,1H3,(H,23,24)(H,20,21,25). The lowest BCUT2D eigenvalue weighted by atomic mass is 10.2. The van der Waals surface area contributed by atoms with Crippen LogP contribution in [0.1, 0.15) is 12.2 Å². The molecule has 7 nitrogen and oxygen atoms in total. The van der Waals surface area contributed by atoms with Crippen LogP contribution in [-0.2, 0) is 13.5 Å². The van der Waals surface area contributed by atoms with Crippen LogP contribution in [0.25, 0.3) is 22.3 Å². The van der Waals surface area contributed by atoms with Crippen molar-refractivity contribution in [3.8, 4) is 11.3 Å². The number of imidazole rings is 1. The number of nitrogens with one attached hydrogen (secondary N) is 2. The fraction of sp³-hybridized carbons (Fsp3) is 0.222. The quantitative estimate of drug-likeness (QED) is 0.510. The molecule has 2 N–H and O–H groups in total. The molecule has 0 bridgehead atoms. The van der Waals surface area contributed by atoms with Crippen LogP contribution in [0.3, 0.4) is 0 Å². The summed E-state index contributed by atoms with van der Waals surface area (Å²) in [6.07, 6.45) is 7.22. The van der Waals surface area contributed by atoms with Gasteiger partial charge in [0.15, 0.2) is 0 Å². The molecule has 3 aromatic heterocycles. The molecular weight excluding hydrogens is 350 g/mol. The van der Waals surface area contributed by atoms with Crippen molar-refractivity contribution >= 4 is 28.6 Å². The maximum atomic E-state index is 6.00. The SMILES string of the molecule is Cn1cc(-c2ccnc(NCCCc3nc4ccc(Cl)cc4[nH]3)n2)cn1. The molecule has 132 valence electrons. The summed E-state index contributed by atoms with van der Waals surface area (Å²) >= 11 is 6.00. The normalized spacial score (nSPS) is 11.2. The van der Waals surface area contributed by atoms with E-state index in [1.165, 1.54) is 0 Å². The van der Waals surface area contributed by atoms with E-state index in [1.54, 1.807) is 17.1 Å². The number of halogens is 1. The predicted molar refractivity (Wildman–Crippen MR) is 102 cm³/mol. The molecule has 8 heteroatoms. The van der Waals surface area contributed by atoms with Gasteiger partial charge in [-0.1, -0.05) is 11.6 Å². The third-order valence-electron chi connectivity index (χ3n) is 4.02. The van der Waals surface area contributed by atoms with Crippen molar-refractivity contribution < 1.29 is 0 Å². The summed E-state index contributed by atoms with van der Waals surface area (Å²) in [6.45, 7) is 0.758. The molecule has 0 aliphatic rings. The molecule has 0 atom stereocenters. The minimum absolute atomic E-state index is 0.614. The molecule has 0 aliphatic heterocycles. The molecule has 0 aliphatic carbocycles. The lowest BCUT2D eigenvalue weighted by Gasteiger charge is -2.05. The van der Waals surface area contributed by atoms with E-state index in [2.05, 4.69) is 30.4 Å². The average Bonchev–Trinajstić information content (AvgIpc) is 3.24. The maximum absolute atomic E-state index is 6.00. The number of hydrogen-bond donors (Lipinski definition) is 2. The van der Waals surface area contributed by atoms with E-state index in [1.807, 2.05) is 37.5 Å². The second-order valence-electron chi connectivity index (χ2n) is 6.04. The van der Waals surface area contributed by atoms with Gasteiger partial charge in [0.2, 0.25) is 5.95 Å². The summed E-state index contributed by atoms with van der Waals surface area (Å²) in [5.41, 5.74) is 3.72. The Morgan fingerprint density at radius 1 is 1.23 bits per heavy atom. The lowest BCUT2D eigenvalue weighted by molar-refractivity contribution is 0.768. The van der Waals surface area contributed by atoms with Crippen molar-refractivity contribution in [3.63, 3.8) is 0 Å². The van der Waals surface area contributed by atoms with Gasteiger partial charge in [0.25, 0.3) is 0 Å². The maximum Gasteiger partial charge on any atom is 0.223 e. The second-order valence-corrected chi connectivity index (χ2v) is 6.48. The topological polar surface area (TPSA) is 84.3 Å². The Kier molecular flexibility index (Phi) is 4.53. The number of rotatable bonds is 6. The van der Waals surface area contributed by atoms with Crippen LogP contribution in [0, 0.1) is 0 Å². The molecule has 0 radical (unpaired) electrons. The number of benzene rings is 1. The minimum Gasteiger partial charge on any atom is -0.354 e. The Labute approximate surface area is 155 Å². The summed E-state index contributed by atoms with van der Waals surface area (Å²) in [5.74, 6) is 1.57. The van der Waals surface area contributed by atoms with E-state index in [-0.39, 0.29) is 0 Å². The van der Waals surface area contributed by atoms with E-state index >= 15 is 0 Å². The summed E-state index contributed by atoms with van der Waals surface area (Å²) in [5, 5.41) is 8.14. The van der Waals surface area contributed by atoms with Gasteiger partial charge >= 0.3 is 0 Å². The van der Waals surface area contributed by atoms with E-state index in [9.17, 15) is 0 Å².